The average Bonchev–Trinajstić information content (AvgIpc) is 3.04. The zero-order valence-corrected chi connectivity index (χ0v) is 13.5. The fourth-order valence-corrected chi connectivity index (χ4v) is 2.47. The van der Waals surface area contributed by atoms with Crippen molar-refractivity contribution in [3.05, 3.63) is 40.6 Å². The lowest BCUT2D eigenvalue weighted by Crippen LogP contribution is -2.36. The van der Waals surface area contributed by atoms with E-state index in [1.165, 1.54) is 4.68 Å². The third kappa shape index (κ3) is 3.29. The fourth-order valence-electron chi connectivity index (χ4n) is 2.23. The molecule has 114 valence electrons. The Morgan fingerprint density at radius 1 is 1.57 bits per heavy atom. The van der Waals surface area contributed by atoms with Gasteiger partial charge in [0, 0.05) is 26.6 Å². The normalized spacial score (nSPS) is 12.4. The lowest BCUT2D eigenvalue weighted by atomic mass is 10.1. The summed E-state index contributed by atoms with van der Waals surface area (Å²) in [5, 5.41) is 4.61. The molecule has 1 unspecified atom stereocenters. The molecule has 0 spiro atoms. The third-order valence-corrected chi connectivity index (χ3v) is 4.17. The van der Waals surface area contributed by atoms with Gasteiger partial charge in [-0.05, 0) is 32.4 Å². The van der Waals surface area contributed by atoms with Crippen LogP contribution in [0.15, 0.2) is 22.8 Å². The molecule has 0 saturated heterocycles. The van der Waals surface area contributed by atoms with Crippen LogP contribution in [0.2, 0.25) is 5.02 Å². The average molecular weight is 310 g/mol. The van der Waals surface area contributed by atoms with Gasteiger partial charge in [0.1, 0.15) is 11.5 Å². The van der Waals surface area contributed by atoms with Crippen LogP contribution in [-0.4, -0.2) is 33.7 Å². The first-order chi connectivity index (χ1) is 9.91. The predicted molar refractivity (Wildman–Crippen MR) is 81.5 cm³/mol. The van der Waals surface area contributed by atoms with Crippen molar-refractivity contribution >= 4 is 17.5 Å². The Bertz CT molecular complexity index is 619. The van der Waals surface area contributed by atoms with Crippen LogP contribution in [0.1, 0.15) is 35.3 Å². The molecule has 2 heterocycles. The highest BCUT2D eigenvalue weighted by molar-refractivity contribution is 6.34. The minimum absolute atomic E-state index is 0.0777. The summed E-state index contributed by atoms with van der Waals surface area (Å²) in [5.41, 5.74) is 1.10. The molecule has 0 saturated carbocycles. The molecule has 0 bridgehead atoms. The zero-order valence-electron chi connectivity index (χ0n) is 12.8. The molecule has 1 atom stereocenters. The second-order valence-electron chi connectivity index (χ2n) is 5.25. The maximum absolute atomic E-state index is 12.6. The molecule has 21 heavy (non-hydrogen) atoms. The number of rotatable bonds is 5. The molecule has 5 nitrogen and oxygen atoms in total. The Morgan fingerprint density at radius 2 is 2.29 bits per heavy atom. The number of hydrogen-bond donors (Lipinski definition) is 0. The van der Waals surface area contributed by atoms with Crippen molar-refractivity contribution < 1.29 is 9.21 Å². The summed E-state index contributed by atoms with van der Waals surface area (Å²) in [5.74, 6) is 0.812. The smallest absolute Gasteiger partial charge is 0.273 e. The molecule has 2 aromatic heterocycles. The topological polar surface area (TPSA) is 51.3 Å². The summed E-state index contributed by atoms with van der Waals surface area (Å²) in [7, 11) is 3.52. The SMILES string of the molecule is Cc1nn(C)c(C(=O)N(C)C(C)CCc2ccco2)c1Cl. The highest BCUT2D eigenvalue weighted by Gasteiger charge is 2.24. The van der Waals surface area contributed by atoms with Crippen molar-refractivity contribution in [1.82, 2.24) is 14.7 Å². The number of nitrogens with zero attached hydrogens (tertiary/aromatic N) is 3. The zero-order chi connectivity index (χ0) is 15.6. The maximum Gasteiger partial charge on any atom is 0.273 e. The Hall–Kier alpha value is -1.75. The van der Waals surface area contributed by atoms with Gasteiger partial charge < -0.3 is 9.32 Å². The van der Waals surface area contributed by atoms with Crippen LogP contribution in [0.5, 0.6) is 0 Å². The van der Waals surface area contributed by atoms with Gasteiger partial charge in [-0.15, -0.1) is 0 Å². The first-order valence-corrected chi connectivity index (χ1v) is 7.28. The molecular weight excluding hydrogens is 290 g/mol. The monoisotopic (exact) mass is 309 g/mol. The third-order valence-electron chi connectivity index (χ3n) is 3.72. The molecule has 6 heteroatoms. The second kappa shape index (κ2) is 6.35. The van der Waals surface area contributed by atoms with Gasteiger partial charge in [-0.1, -0.05) is 11.6 Å². The van der Waals surface area contributed by atoms with E-state index in [2.05, 4.69) is 5.10 Å². The van der Waals surface area contributed by atoms with Crippen LogP contribution in [0.4, 0.5) is 0 Å². The first kappa shape index (κ1) is 15.6. The van der Waals surface area contributed by atoms with Crippen LogP contribution >= 0.6 is 11.6 Å². The molecule has 0 N–H and O–H groups in total. The number of hydrogen-bond acceptors (Lipinski definition) is 3. The standard InChI is InChI=1S/C15H20ClN3O2/c1-10(7-8-12-6-5-9-21-12)18(3)15(20)14-13(16)11(2)17-19(14)4/h5-6,9-10H,7-8H2,1-4H3. The van der Waals surface area contributed by atoms with Gasteiger partial charge >= 0.3 is 0 Å². The molecule has 0 aliphatic carbocycles. The molecule has 0 radical (unpaired) electrons. The Balaban J connectivity index is 2.04. The Kier molecular flexibility index (Phi) is 4.73. The van der Waals surface area contributed by atoms with E-state index in [9.17, 15) is 4.79 Å². The van der Waals surface area contributed by atoms with Crippen molar-refractivity contribution in [2.75, 3.05) is 7.05 Å². The summed E-state index contributed by atoms with van der Waals surface area (Å²) in [6.45, 7) is 3.80. The quantitative estimate of drug-likeness (QED) is 0.853. The van der Waals surface area contributed by atoms with E-state index in [1.54, 1.807) is 32.2 Å². The summed E-state index contributed by atoms with van der Waals surface area (Å²) in [6, 6.07) is 3.89. The largest absolute Gasteiger partial charge is 0.469 e. The summed E-state index contributed by atoms with van der Waals surface area (Å²) < 4.78 is 6.85. The van der Waals surface area contributed by atoms with E-state index < -0.39 is 0 Å². The van der Waals surface area contributed by atoms with Crippen LogP contribution in [0.25, 0.3) is 0 Å². The number of carbonyl (C=O) groups is 1. The summed E-state index contributed by atoms with van der Waals surface area (Å²) >= 11 is 6.17. The van der Waals surface area contributed by atoms with Crippen molar-refractivity contribution in [3.63, 3.8) is 0 Å². The molecule has 0 fully saturated rings. The summed E-state index contributed by atoms with van der Waals surface area (Å²) in [6.07, 6.45) is 3.28. The Labute approximate surface area is 129 Å². The van der Waals surface area contributed by atoms with E-state index in [0.29, 0.717) is 16.4 Å². The molecule has 1 amide bonds. The molecule has 2 rings (SSSR count). The number of halogens is 1. The van der Waals surface area contributed by atoms with Crippen LogP contribution in [0.3, 0.4) is 0 Å². The van der Waals surface area contributed by atoms with Gasteiger partial charge in [-0.25, -0.2) is 0 Å². The molecule has 0 aliphatic heterocycles. The van der Waals surface area contributed by atoms with Gasteiger partial charge in [-0.2, -0.15) is 5.10 Å². The minimum atomic E-state index is -0.116. The summed E-state index contributed by atoms with van der Waals surface area (Å²) in [4.78, 5) is 14.3. The number of aryl methyl sites for hydroxylation is 3. The second-order valence-corrected chi connectivity index (χ2v) is 5.63. The number of furan rings is 1. The predicted octanol–water partition coefficient (Wildman–Crippen LogP) is 3.07. The lowest BCUT2D eigenvalue weighted by molar-refractivity contribution is 0.0725. The first-order valence-electron chi connectivity index (χ1n) is 6.90. The Morgan fingerprint density at radius 3 is 2.81 bits per heavy atom. The number of amides is 1. The molecule has 0 aromatic carbocycles. The van der Waals surface area contributed by atoms with Crippen molar-refractivity contribution in [1.29, 1.82) is 0 Å². The van der Waals surface area contributed by atoms with E-state index >= 15 is 0 Å². The van der Waals surface area contributed by atoms with E-state index in [-0.39, 0.29) is 11.9 Å². The van der Waals surface area contributed by atoms with Gasteiger partial charge in [0.15, 0.2) is 0 Å². The van der Waals surface area contributed by atoms with Crippen molar-refractivity contribution in [2.45, 2.75) is 32.7 Å². The lowest BCUT2D eigenvalue weighted by Gasteiger charge is -2.24. The van der Waals surface area contributed by atoms with Crippen LogP contribution in [0, 0.1) is 6.92 Å². The van der Waals surface area contributed by atoms with Gasteiger partial charge in [0.25, 0.3) is 5.91 Å². The van der Waals surface area contributed by atoms with Gasteiger partial charge in [-0.3, -0.25) is 9.48 Å². The van der Waals surface area contributed by atoms with Crippen molar-refractivity contribution in [2.24, 2.45) is 7.05 Å². The van der Waals surface area contributed by atoms with Gasteiger partial charge in [0.2, 0.25) is 0 Å². The molecule has 0 aliphatic rings. The van der Waals surface area contributed by atoms with Crippen LogP contribution in [-0.2, 0) is 13.5 Å². The molecule has 2 aromatic rings. The van der Waals surface area contributed by atoms with Crippen molar-refractivity contribution in [3.8, 4) is 0 Å². The maximum atomic E-state index is 12.6. The fraction of sp³-hybridized carbons (Fsp3) is 0.467. The highest BCUT2D eigenvalue weighted by Crippen LogP contribution is 2.22. The number of carbonyl (C=O) groups excluding carboxylic acids is 1. The molecular formula is C15H20ClN3O2. The minimum Gasteiger partial charge on any atom is -0.469 e. The number of aromatic nitrogens is 2. The van der Waals surface area contributed by atoms with E-state index in [4.69, 9.17) is 16.0 Å². The van der Waals surface area contributed by atoms with E-state index in [0.717, 1.165) is 18.6 Å². The van der Waals surface area contributed by atoms with Gasteiger partial charge in [0.05, 0.1) is 17.0 Å². The van der Waals surface area contributed by atoms with E-state index in [1.807, 2.05) is 19.1 Å². The van der Waals surface area contributed by atoms with Crippen LogP contribution < -0.4 is 0 Å². The highest BCUT2D eigenvalue weighted by atomic mass is 35.5.